The van der Waals surface area contributed by atoms with Gasteiger partial charge in [0.25, 0.3) is 0 Å². The summed E-state index contributed by atoms with van der Waals surface area (Å²) in [6, 6.07) is 11.6. The zero-order chi connectivity index (χ0) is 12.4. The van der Waals surface area contributed by atoms with Gasteiger partial charge in [-0.3, -0.25) is 9.97 Å². The molecule has 3 heteroatoms. The highest BCUT2D eigenvalue weighted by molar-refractivity contribution is 5.85. The maximum absolute atomic E-state index is 10.2. The number of pyridine rings is 2. The third-order valence-corrected chi connectivity index (χ3v) is 2.95. The Labute approximate surface area is 105 Å². The van der Waals surface area contributed by atoms with Gasteiger partial charge in [0.2, 0.25) is 0 Å². The second kappa shape index (κ2) is 4.45. The first-order valence-electron chi connectivity index (χ1n) is 5.79. The van der Waals surface area contributed by atoms with E-state index in [1.807, 2.05) is 42.6 Å². The number of hydrogen-bond donors (Lipinski definition) is 1. The molecule has 3 nitrogen and oxygen atoms in total. The summed E-state index contributed by atoms with van der Waals surface area (Å²) in [7, 11) is 0. The maximum Gasteiger partial charge on any atom is 0.145 e. The number of fused-ring (bicyclic) bond motifs is 1. The molecule has 88 valence electrons. The Morgan fingerprint density at radius 1 is 1.00 bits per heavy atom. The number of rotatable bonds is 2. The molecular weight excluding hydrogens is 224 g/mol. The lowest BCUT2D eigenvalue weighted by atomic mass is 10.0. The summed E-state index contributed by atoms with van der Waals surface area (Å²) in [5.41, 5.74) is 2.59. The van der Waals surface area contributed by atoms with E-state index in [1.54, 1.807) is 12.4 Å². The molecule has 1 aromatic carbocycles. The highest BCUT2D eigenvalue weighted by atomic mass is 16.3. The van der Waals surface area contributed by atoms with Crippen LogP contribution < -0.4 is 0 Å². The van der Waals surface area contributed by atoms with E-state index < -0.39 is 0 Å². The number of hydrogen-bond acceptors (Lipinski definition) is 3. The minimum Gasteiger partial charge on any atom is -0.505 e. The molecule has 0 aliphatic rings. The summed E-state index contributed by atoms with van der Waals surface area (Å²) < 4.78 is 0. The summed E-state index contributed by atoms with van der Waals surface area (Å²) in [5, 5.41) is 11.2. The molecule has 18 heavy (non-hydrogen) atoms. The van der Waals surface area contributed by atoms with Gasteiger partial charge >= 0.3 is 0 Å². The molecule has 0 fully saturated rings. The van der Waals surface area contributed by atoms with Crippen LogP contribution in [-0.4, -0.2) is 15.1 Å². The highest BCUT2D eigenvalue weighted by Crippen LogP contribution is 2.28. The molecule has 3 rings (SSSR count). The van der Waals surface area contributed by atoms with Crippen LogP contribution in [0.1, 0.15) is 11.1 Å². The Hall–Kier alpha value is -2.42. The number of phenols is 1. The summed E-state index contributed by atoms with van der Waals surface area (Å²) in [4.78, 5) is 8.29. The summed E-state index contributed by atoms with van der Waals surface area (Å²) in [6.45, 7) is 0. The quantitative estimate of drug-likeness (QED) is 0.744. The molecule has 2 aromatic heterocycles. The maximum atomic E-state index is 10.2. The first-order chi connectivity index (χ1) is 8.84. The Bertz CT molecular complexity index is 680. The van der Waals surface area contributed by atoms with Crippen LogP contribution in [0.3, 0.4) is 0 Å². The fourth-order valence-electron chi connectivity index (χ4n) is 2.04. The first-order valence-corrected chi connectivity index (χ1v) is 5.79. The molecule has 0 spiro atoms. The van der Waals surface area contributed by atoms with Gasteiger partial charge in [0, 0.05) is 36.0 Å². The molecule has 0 radical (unpaired) electrons. The molecule has 0 atom stereocenters. The van der Waals surface area contributed by atoms with E-state index in [2.05, 4.69) is 9.97 Å². The lowest BCUT2D eigenvalue weighted by Crippen LogP contribution is -1.91. The molecule has 0 amide bonds. The molecular formula is C15H12N2O. The van der Waals surface area contributed by atoms with Gasteiger partial charge in [0.05, 0.1) is 0 Å². The number of nitrogens with zero attached hydrogens (tertiary/aromatic N) is 2. The average molecular weight is 236 g/mol. The Balaban J connectivity index is 2.05. The lowest BCUT2D eigenvalue weighted by Gasteiger charge is -2.07. The Morgan fingerprint density at radius 2 is 1.89 bits per heavy atom. The second-order valence-electron chi connectivity index (χ2n) is 4.19. The average Bonchev–Trinajstić information content (AvgIpc) is 2.43. The van der Waals surface area contributed by atoms with Crippen LogP contribution in [-0.2, 0) is 6.42 Å². The van der Waals surface area contributed by atoms with Crippen LogP contribution in [0.15, 0.2) is 55.0 Å². The fourth-order valence-corrected chi connectivity index (χ4v) is 2.04. The summed E-state index contributed by atoms with van der Waals surface area (Å²) >= 11 is 0. The van der Waals surface area contributed by atoms with Gasteiger partial charge in [-0.15, -0.1) is 0 Å². The Kier molecular flexibility index (Phi) is 2.65. The largest absolute Gasteiger partial charge is 0.505 e. The van der Waals surface area contributed by atoms with Gasteiger partial charge in [-0.25, -0.2) is 0 Å². The molecule has 0 saturated heterocycles. The Morgan fingerprint density at radius 3 is 2.72 bits per heavy atom. The van der Waals surface area contributed by atoms with Gasteiger partial charge in [-0.2, -0.15) is 0 Å². The first kappa shape index (κ1) is 10.7. The van der Waals surface area contributed by atoms with Crippen LogP contribution in [0.4, 0.5) is 0 Å². The van der Waals surface area contributed by atoms with E-state index in [4.69, 9.17) is 0 Å². The molecule has 0 unspecified atom stereocenters. The molecule has 0 bridgehead atoms. The van der Waals surface area contributed by atoms with Gasteiger partial charge in [0.15, 0.2) is 0 Å². The van der Waals surface area contributed by atoms with Gasteiger partial charge in [0.1, 0.15) is 11.3 Å². The van der Waals surface area contributed by atoms with Crippen LogP contribution in [0, 0.1) is 0 Å². The van der Waals surface area contributed by atoms with Crippen LogP contribution >= 0.6 is 0 Å². The minimum atomic E-state index is 0.261. The van der Waals surface area contributed by atoms with E-state index in [9.17, 15) is 5.11 Å². The zero-order valence-corrected chi connectivity index (χ0v) is 9.74. The van der Waals surface area contributed by atoms with Crippen molar-refractivity contribution in [2.75, 3.05) is 0 Å². The number of benzene rings is 1. The third kappa shape index (κ3) is 1.91. The molecule has 0 saturated carbocycles. The van der Waals surface area contributed by atoms with Crippen molar-refractivity contribution in [1.82, 2.24) is 9.97 Å². The van der Waals surface area contributed by atoms with Crippen molar-refractivity contribution in [3.8, 4) is 5.75 Å². The lowest BCUT2D eigenvalue weighted by molar-refractivity contribution is 0.474. The predicted octanol–water partition coefficient (Wildman–Crippen LogP) is 2.93. The van der Waals surface area contributed by atoms with Crippen molar-refractivity contribution in [3.05, 3.63) is 66.1 Å². The molecule has 2 heterocycles. The van der Waals surface area contributed by atoms with Crippen LogP contribution in [0.5, 0.6) is 5.75 Å². The van der Waals surface area contributed by atoms with Crippen LogP contribution in [0.25, 0.3) is 10.9 Å². The normalized spacial score (nSPS) is 10.7. The second-order valence-corrected chi connectivity index (χ2v) is 4.19. The number of aromatic nitrogens is 2. The van der Waals surface area contributed by atoms with Gasteiger partial charge < -0.3 is 5.11 Å². The van der Waals surface area contributed by atoms with Crippen molar-refractivity contribution in [3.63, 3.8) is 0 Å². The van der Waals surface area contributed by atoms with Crippen LogP contribution in [0.2, 0.25) is 0 Å². The summed E-state index contributed by atoms with van der Waals surface area (Å²) in [6.07, 6.45) is 5.90. The number of aromatic hydroxyl groups is 1. The van der Waals surface area contributed by atoms with Crippen molar-refractivity contribution in [1.29, 1.82) is 0 Å². The van der Waals surface area contributed by atoms with Gasteiger partial charge in [-0.05, 0) is 17.7 Å². The van der Waals surface area contributed by atoms with Crippen molar-refractivity contribution in [2.45, 2.75) is 6.42 Å². The molecule has 0 aliphatic carbocycles. The molecule has 3 aromatic rings. The third-order valence-electron chi connectivity index (χ3n) is 2.95. The van der Waals surface area contributed by atoms with Crippen molar-refractivity contribution >= 4 is 10.9 Å². The van der Waals surface area contributed by atoms with E-state index in [1.165, 1.54) is 0 Å². The zero-order valence-electron chi connectivity index (χ0n) is 9.74. The number of phenolic OH excluding ortho intramolecular Hbond substituents is 1. The van der Waals surface area contributed by atoms with E-state index in [0.29, 0.717) is 11.9 Å². The molecule has 1 N–H and O–H groups in total. The predicted molar refractivity (Wildman–Crippen MR) is 70.5 cm³/mol. The topological polar surface area (TPSA) is 46.0 Å². The summed E-state index contributed by atoms with van der Waals surface area (Å²) in [5.74, 6) is 0.261. The standard InChI is InChI=1S/C15H12N2O/c18-15-13(9-11-3-1-7-16-10-11)6-5-12-4-2-8-17-14(12)15/h1-8,10,18H,9H2. The van der Waals surface area contributed by atoms with Crippen molar-refractivity contribution < 1.29 is 5.11 Å². The smallest absolute Gasteiger partial charge is 0.145 e. The minimum absolute atomic E-state index is 0.261. The fraction of sp³-hybridized carbons (Fsp3) is 0.0667. The van der Waals surface area contributed by atoms with E-state index in [-0.39, 0.29) is 5.75 Å². The molecule has 0 aliphatic heterocycles. The monoisotopic (exact) mass is 236 g/mol. The van der Waals surface area contributed by atoms with Crippen molar-refractivity contribution in [2.24, 2.45) is 0 Å². The van der Waals surface area contributed by atoms with E-state index >= 15 is 0 Å². The highest BCUT2D eigenvalue weighted by Gasteiger charge is 2.07. The van der Waals surface area contributed by atoms with E-state index in [0.717, 1.165) is 16.5 Å². The van der Waals surface area contributed by atoms with Gasteiger partial charge in [-0.1, -0.05) is 24.3 Å². The SMILES string of the molecule is Oc1c(Cc2cccnc2)ccc2cccnc12.